The molecule has 0 spiro atoms. The zero-order chi connectivity index (χ0) is 24.1. The topological polar surface area (TPSA) is 88.6 Å². The van der Waals surface area contributed by atoms with E-state index in [1.54, 1.807) is 13.2 Å². The molecule has 1 amide bonds. The van der Waals surface area contributed by atoms with E-state index in [2.05, 4.69) is 10.3 Å². The molecule has 1 aliphatic heterocycles. The molecule has 178 valence electrons. The van der Waals surface area contributed by atoms with Crippen LogP contribution < -0.4 is 10.1 Å². The van der Waals surface area contributed by atoms with Crippen molar-refractivity contribution in [3.8, 4) is 17.0 Å². The number of hydrogen-bond donors (Lipinski definition) is 1. The number of aromatic nitrogens is 1. The summed E-state index contributed by atoms with van der Waals surface area (Å²) >= 11 is 1.36. The summed E-state index contributed by atoms with van der Waals surface area (Å²) in [6.45, 7) is 2.62. The Balaban J connectivity index is 1.35. The van der Waals surface area contributed by atoms with E-state index < -0.39 is 10.0 Å². The lowest BCUT2D eigenvalue weighted by atomic mass is 9.97. The Morgan fingerprint density at radius 3 is 2.62 bits per heavy atom. The predicted molar refractivity (Wildman–Crippen MR) is 136 cm³/mol. The molecule has 0 bridgehead atoms. The number of nitrogens with one attached hydrogen (secondary N) is 1. The lowest BCUT2D eigenvalue weighted by Gasteiger charge is -2.29. The molecule has 1 aliphatic rings. The second kappa shape index (κ2) is 10.5. The van der Waals surface area contributed by atoms with Crippen LogP contribution in [-0.4, -0.2) is 43.8 Å². The van der Waals surface area contributed by atoms with Crippen LogP contribution in [0.4, 0.5) is 5.13 Å². The summed E-state index contributed by atoms with van der Waals surface area (Å²) in [5, 5.41) is 6.54. The summed E-state index contributed by atoms with van der Waals surface area (Å²) in [6, 6.07) is 15.2. The second-order valence-corrected chi connectivity index (χ2v) is 10.8. The highest BCUT2D eigenvalue weighted by atomic mass is 32.2. The summed E-state index contributed by atoms with van der Waals surface area (Å²) in [6.07, 6.45) is 2.53. The molecule has 1 fully saturated rings. The Labute approximate surface area is 204 Å². The maximum absolute atomic E-state index is 12.8. The van der Waals surface area contributed by atoms with Gasteiger partial charge in [0.2, 0.25) is 15.9 Å². The summed E-state index contributed by atoms with van der Waals surface area (Å²) < 4.78 is 32.2. The molecule has 0 saturated carbocycles. The maximum Gasteiger partial charge on any atom is 0.236 e. The van der Waals surface area contributed by atoms with Crippen molar-refractivity contribution in [3.05, 3.63) is 70.4 Å². The Kier molecular flexibility index (Phi) is 7.45. The zero-order valence-corrected chi connectivity index (χ0v) is 20.7. The van der Waals surface area contributed by atoms with Crippen molar-refractivity contribution in [3.63, 3.8) is 0 Å². The molecule has 0 atom stereocenters. The minimum atomic E-state index is -3.53. The molecule has 3 aromatic rings. The molecular formula is C25H27N3O4S2. The number of ether oxygens (including phenoxy) is 1. The van der Waals surface area contributed by atoms with Gasteiger partial charge in [-0.1, -0.05) is 42.0 Å². The summed E-state index contributed by atoms with van der Waals surface area (Å²) in [7, 11) is -1.91. The highest BCUT2D eigenvalue weighted by Gasteiger charge is 2.30. The van der Waals surface area contributed by atoms with Gasteiger partial charge >= 0.3 is 0 Å². The van der Waals surface area contributed by atoms with Gasteiger partial charge in [-0.25, -0.2) is 13.4 Å². The average Bonchev–Trinajstić information content (AvgIpc) is 3.32. The molecule has 0 unspecified atom stereocenters. The van der Waals surface area contributed by atoms with Crippen LogP contribution in [0, 0.1) is 12.8 Å². The third-order valence-corrected chi connectivity index (χ3v) is 8.10. The number of anilines is 1. The van der Waals surface area contributed by atoms with Crippen molar-refractivity contribution in [1.82, 2.24) is 9.29 Å². The fraction of sp³-hybridized carbons (Fsp3) is 0.280. The molecule has 0 radical (unpaired) electrons. The number of nitrogens with zero attached hydrogens (tertiary/aromatic N) is 2. The number of hydrogen-bond acceptors (Lipinski definition) is 6. The minimum absolute atomic E-state index is 0.131. The van der Waals surface area contributed by atoms with Gasteiger partial charge in [0.05, 0.1) is 12.8 Å². The van der Waals surface area contributed by atoms with E-state index >= 15 is 0 Å². The number of amides is 1. The van der Waals surface area contributed by atoms with E-state index in [0.717, 1.165) is 28.1 Å². The number of carbonyl (C=O) groups is 1. The number of piperidine rings is 1. The molecule has 34 heavy (non-hydrogen) atoms. The average molecular weight is 498 g/mol. The predicted octanol–water partition coefficient (Wildman–Crippen LogP) is 4.78. The molecule has 2 heterocycles. The maximum atomic E-state index is 12.8. The van der Waals surface area contributed by atoms with Crippen LogP contribution in [0.25, 0.3) is 17.3 Å². The van der Waals surface area contributed by atoms with Gasteiger partial charge in [0.1, 0.15) is 5.75 Å². The zero-order valence-electron chi connectivity index (χ0n) is 19.1. The van der Waals surface area contributed by atoms with Gasteiger partial charge in [0.15, 0.2) is 5.13 Å². The van der Waals surface area contributed by atoms with Gasteiger partial charge in [-0.15, -0.1) is 11.3 Å². The molecule has 4 rings (SSSR count). The van der Waals surface area contributed by atoms with Gasteiger partial charge in [0.25, 0.3) is 0 Å². The van der Waals surface area contributed by atoms with E-state index in [-0.39, 0.29) is 11.8 Å². The summed E-state index contributed by atoms with van der Waals surface area (Å²) in [5.74, 6) is 0.336. The number of rotatable bonds is 7. The molecule has 1 saturated heterocycles. The first-order chi connectivity index (χ1) is 16.4. The number of thiazole rings is 1. The Morgan fingerprint density at radius 1 is 1.18 bits per heavy atom. The van der Waals surface area contributed by atoms with E-state index in [1.165, 1.54) is 21.1 Å². The molecule has 2 aromatic carbocycles. The quantitative estimate of drug-likeness (QED) is 0.508. The van der Waals surface area contributed by atoms with Crippen LogP contribution in [-0.2, 0) is 14.8 Å². The molecule has 1 N–H and O–H groups in total. The number of benzene rings is 2. The molecule has 9 heteroatoms. The standard InChI is InChI=1S/C25H27N3O4S2/c1-18-8-9-23(32-2)21(16-18)22-17-33-25(26-22)27-24(29)20-10-13-28(14-11-20)34(30,31)15-12-19-6-4-3-5-7-19/h3-9,12,15-17,20H,10-11,13-14H2,1-2H3,(H,26,27,29)/b15-12+. The van der Waals surface area contributed by atoms with Gasteiger partial charge in [-0.2, -0.15) is 4.31 Å². The van der Waals surface area contributed by atoms with E-state index in [0.29, 0.717) is 31.1 Å². The highest BCUT2D eigenvalue weighted by Crippen LogP contribution is 2.33. The fourth-order valence-corrected chi connectivity index (χ4v) is 5.81. The SMILES string of the molecule is COc1ccc(C)cc1-c1csc(NC(=O)C2CCN(S(=O)(=O)/C=C/c3ccccc3)CC2)n1. The van der Waals surface area contributed by atoms with Crippen molar-refractivity contribution in [1.29, 1.82) is 0 Å². The lowest BCUT2D eigenvalue weighted by molar-refractivity contribution is -0.120. The van der Waals surface area contributed by atoms with Gasteiger partial charge < -0.3 is 10.1 Å². The van der Waals surface area contributed by atoms with E-state index in [1.807, 2.05) is 60.8 Å². The summed E-state index contributed by atoms with van der Waals surface area (Å²) in [4.78, 5) is 17.4. The van der Waals surface area contributed by atoms with Crippen LogP contribution in [0.1, 0.15) is 24.0 Å². The highest BCUT2D eigenvalue weighted by molar-refractivity contribution is 7.92. The largest absolute Gasteiger partial charge is 0.496 e. The summed E-state index contributed by atoms with van der Waals surface area (Å²) in [5.41, 5.74) is 3.54. The third kappa shape index (κ3) is 5.72. The molecule has 0 aliphatic carbocycles. The second-order valence-electron chi connectivity index (χ2n) is 8.16. The van der Waals surface area contributed by atoms with E-state index in [4.69, 9.17) is 4.74 Å². The first-order valence-electron chi connectivity index (χ1n) is 11.0. The molecular weight excluding hydrogens is 470 g/mol. The van der Waals surface area contributed by atoms with Crippen LogP contribution in [0.2, 0.25) is 0 Å². The number of aryl methyl sites for hydroxylation is 1. The smallest absolute Gasteiger partial charge is 0.236 e. The Morgan fingerprint density at radius 2 is 1.91 bits per heavy atom. The molecule has 1 aromatic heterocycles. The van der Waals surface area contributed by atoms with Crippen molar-refractivity contribution < 1.29 is 17.9 Å². The third-order valence-electron chi connectivity index (χ3n) is 5.78. The Hall–Kier alpha value is -3.01. The van der Waals surface area contributed by atoms with Crippen molar-refractivity contribution >= 4 is 38.5 Å². The van der Waals surface area contributed by atoms with Gasteiger partial charge in [-0.3, -0.25) is 4.79 Å². The lowest BCUT2D eigenvalue weighted by Crippen LogP contribution is -2.40. The minimum Gasteiger partial charge on any atom is -0.496 e. The van der Waals surface area contributed by atoms with Gasteiger partial charge in [0, 0.05) is 35.4 Å². The number of carbonyl (C=O) groups excluding carboxylic acids is 1. The number of sulfonamides is 1. The van der Waals surface area contributed by atoms with Crippen molar-refractivity contribution in [2.75, 3.05) is 25.5 Å². The van der Waals surface area contributed by atoms with Crippen LogP contribution in [0.5, 0.6) is 5.75 Å². The molecule has 7 nitrogen and oxygen atoms in total. The monoisotopic (exact) mass is 497 g/mol. The fourth-order valence-electron chi connectivity index (χ4n) is 3.87. The normalized spacial score (nSPS) is 15.5. The Bertz CT molecular complexity index is 1280. The van der Waals surface area contributed by atoms with Crippen LogP contribution in [0.15, 0.2) is 59.3 Å². The number of methoxy groups -OCH3 is 1. The van der Waals surface area contributed by atoms with E-state index in [9.17, 15) is 13.2 Å². The van der Waals surface area contributed by atoms with Crippen LogP contribution in [0.3, 0.4) is 0 Å². The van der Waals surface area contributed by atoms with Crippen molar-refractivity contribution in [2.45, 2.75) is 19.8 Å². The van der Waals surface area contributed by atoms with Crippen molar-refractivity contribution in [2.24, 2.45) is 5.92 Å². The van der Waals surface area contributed by atoms with Gasteiger partial charge in [-0.05, 0) is 43.5 Å². The first-order valence-corrected chi connectivity index (χ1v) is 13.4. The van der Waals surface area contributed by atoms with Crippen LogP contribution >= 0.6 is 11.3 Å². The first kappa shape index (κ1) is 24.1.